The molecule has 0 aliphatic rings. The molecular formula is C23H21BrN2O4. The summed E-state index contributed by atoms with van der Waals surface area (Å²) in [5.41, 5.74) is 4.81. The zero-order valence-electron chi connectivity index (χ0n) is 16.6. The van der Waals surface area contributed by atoms with Gasteiger partial charge in [0, 0.05) is 10.0 Å². The van der Waals surface area contributed by atoms with Crippen molar-refractivity contribution in [2.75, 3.05) is 14.2 Å². The molecular weight excluding hydrogens is 448 g/mol. The van der Waals surface area contributed by atoms with Gasteiger partial charge < -0.3 is 14.2 Å². The molecule has 154 valence electrons. The highest BCUT2D eigenvalue weighted by atomic mass is 79.9. The number of nitrogens with one attached hydrogen (secondary N) is 1. The second-order valence-corrected chi connectivity index (χ2v) is 7.17. The number of hydrazone groups is 1. The first-order valence-electron chi connectivity index (χ1n) is 9.12. The van der Waals surface area contributed by atoms with Gasteiger partial charge in [0.2, 0.25) is 0 Å². The lowest BCUT2D eigenvalue weighted by Crippen LogP contribution is -2.17. The van der Waals surface area contributed by atoms with E-state index in [2.05, 4.69) is 26.5 Å². The van der Waals surface area contributed by atoms with Crippen LogP contribution >= 0.6 is 15.9 Å². The Hall–Kier alpha value is -3.32. The predicted molar refractivity (Wildman–Crippen MR) is 120 cm³/mol. The molecule has 0 aliphatic heterocycles. The molecule has 6 nitrogen and oxygen atoms in total. The Balaban J connectivity index is 1.55. The molecule has 3 aromatic rings. The second-order valence-electron chi connectivity index (χ2n) is 6.26. The number of methoxy groups -OCH3 is 2. The van der Waals surface area contributed by atoms with Gasteiger partial charge in [-0.05, 0) is 65.7 Å². The van der Waals surface area contributed by atoms with Crippen molar-refractivity contribution in [1.82, 2.24) is 5.43 Å². The molecule has 0 heterocycles. The molecule has 7 heteroatoms. The zero-order chi connectivity index (χ0) is 21.3. The van der Waals surface area contributed by atoms with Crippen molar-refractivity contribution >= 4 is 28.1 Å². The summed E-state index contributed by atoms with van der Waals surface area (Å²) in [6.07, 6.45) is 1.54. The number of rotatable bonds is 8. The Labute approximate surface area is 183 Å². The minimum atomic E-state index is -0.315. The van der Waals surface area contributed by atoms with Crippen LogP contribution in [0.1, 0.15) is 21.5 Å². The number of amides is 1. The van der Waals surface area contributed by atoms with Crippen LogP contribution in [0.5, 0.6) is 17.2 Å². The first-order valence-corrected chi connectivity index (χ1v) is 9.91. The quantitative estimate of drug-likeness (QED) is 0.380. The van der Waals surface area contributed by atoms with Crippen molar-refractivity contribution in [3.05, 3.63) is 87.9 Å². The van der Waals surface area contributed by atoms with Crippen molar-refractivity contribution < 1.29 is 19.0 Å². The Kier molecular flexibility index (Phi) is 7.45. The molecule has 3 rings (SSSR count). The molecule has 0 bridgehead atoms. The molecule has 0 saturated heterocycles. The summed E-state index contributed by atoms with van der Waals surface area (Å²) in [6, 6.07) is 20.2. The maximum Gasteiger partial charge on any atom is 0.271 e. The molecule has 0 radical (unpaired) electrons. The smallest absolute Gasteiger partial charge is 0.271 e. The van der Waals surface area contributed by atoms with Gasteiger partial charge in [0.05, 0.1) is 20.4 Å². The van der Waals surface area contributed by atoms with Crippen LogP contribution in [-0.4, -0.2) is 26.3 Å². The predicted octanol–water partition coefficient (Wildman–Crippen LogP) is 4.81. The topological polar surface area (TPSA) is 69.2 Å². The highest BCUT2D eigenvalue weighted by molar-refractivity contribution is 9.10. The van der Waals surface area contributed by atoms with Gasteiger partial charge in [-0.15, -0.1) is 0 Å². The second kappa shape index (κ2) is 10.5. The Morgan fingerprint density at radius 2 is 1.77 bits per heavy atom. The van der Waals surface area contributed by atoms with Gasteiger partial charge in [-0.1, -0.05) is 28.1 Å². The van der Waals surface area contributed by atoms with E-state index in [1.165, 1.54) is 6.21 Å². The summed E-state index contributed by atoms with van der Waals surface area (Å²) in [4.78, 5) is 12.3. The van der Waals surface area contributed by atoms with Crippen LogP contribution in [0, 0.1) is 0 Å². The lowest BCUT2D eigenvalue weighted by Gasteiger charge is -2.08. The average molecular weight is 469 g/mol. The van der Waals surface area contributed by atoms with E-state index in [0.717, 1.165) is 15.6 Å². The maximum absolute atomic E-state index is 12.3. The van der Waals surface area contributed by atoms with Gasteiger partial charge in [-0.2, -0.15) is 5.10 Å². The van der Waals surface area contributed by atoms with Gasteiger partial charge in [-0.25, -0.2) is 5.43 Å². The maximum atomic E-state index is 12.3. The van der Waals surface area contributed by atoms with E-state index in [4.69, 9.17) is 14.2 Å². The standard InChI is InChI=1S/C23H21BrN2O4/c1-28-21-11-6-16(13-22(21)29-2)14-25-26-23(27)18-7-9-20(10-8-18)30-15-17-4-3-5-19(24)12-17/h3-14H,15H2,1-2H3,(H,26,27). The van der Waals surface area contributed by atoms with Crippen LogP contribution < -0.4 is 19.6 Å². The van der Waals surface area contributed by atoms with Gasteiger partial charge in [-0.3, -0.25) is 4.79 Å². The highest BCUT2D eigenvalue weighted by Gasteiger charge is 2.06. The summed E-state index contributed by atoms with van der Waals surface area (Å²) >= 11 is 3.44. The number of hydrogen-bond donors (Lipinski definition) is 1. The van der Waals surface area contributed by atoms with Crippen molar-refractivity contribution in [3.63, 3.8) is 0 Å². The lowest BCUT2D eigenvalue weighted by molar-refractivity contribution is 0.0955. The van der Waals surface area contributed by atoms with Crippen molar-refractivity contribution in [2.24, 2.45) is 5.10 Å². The van der Waals surface area contributed by atoms with Crippen LogP contribution in [0.4, 0.5) is 0 Å². The molecule has 0 aromatic heterocycles. The average Bonchev–Trinajstić information content (AvgIpc) is 2.78. The third-order valence-electron chi connectivity index (χ3n) is 4.20. The van der Waals surface area contributed by atoms with Crippen LogP contribution in [0.3, 0.4) is 0 Å². The van der Waals surface area contributed by atoms with E-state index in [1.807, 2.05) is 30.3 Å². The number of benzene rings is 3. The van der Waals surface area contributed by atoms with E-state index < -0.39 is 0 Å². The monoisotopic (exact) mass is 468 g/mol. The largest absolute Gasteiger partial charge is 0.493 e. The fraction of sp³-hybridized carbons (Fsp3) is 0.130. The molecule has 0 fully saturated rings. The third kappa shape index (κ3) is 5.84. The van der Waals surface area contributed by atoms with E-state index in [1.54, 1.807) is 50.6 Å². The number of carbonyl (C=O) groups is 1. The van der Waals surface area contributed by atoms with Crippen LogP contribution in [0.2, 0.25) is 0 Å². The Bertz CT molecular complexity index is 1040. The first-order chi connectivity index (χ1) is 14.6. The molecule has 0 aliphatic carbocycles. The molecule has 0 atom stereocenters. The summed E-state index contributed by atoms with van der Waals surface area (Å²) < 4.78 is 17.2. The molecule has 0 saturated carbocycles. The molecule has 3 aromatic carbocycles. The normalized spacial score (nSPS) is 10.6. The van der Waals surface area contributed by atoms with E-state index in [-0.39, 0.29) is 5.91 Å². The number of nitrogens with zero attached hydrogens (tertiary/aromatic N) is 1. The van der Waals surface area contributed by atoms with Crippen molar-refractivity contribution in [3.8, 4) is 17.2 Å². The molecule has 1 amide bonds. The van der Waals surface area contributed by atoms with E-state index in [9.17, 15) is 4.79 Å². The van der Waals surface area contributed by atoms with E-state index >= 15 is 0 Å². The minimum absolute atomic E-state index is 0.315. The number of carbonyl (C=O) groups excluding carboxylic acids is 1. The van der Waals surface area contributed by atoms with Crippen LogP contribution in [0.25, 0.3) is 0 Å². The summed E-state index contributed by atoms with van der Waals surface area (Å²) in [6.45, 7) is 0.445. The summed E-state index contributed by atoms with van der Waals surface area (Å²) in [5.74, 6) is 1.58. The van der Waals surface area contributed by atoms with Gasteiger partial charge in [0.15, 0.2) is 11.5 Å². The van der Waals surface area contributed by atoms with Gasteiger partial charge in [0.25, 0.3) is 5.91 Å². The van der Waals surface area contributed by atoms with Gasteiger partial charge >= 0.3 is 0 Å². The molecule has 0 unspecified atom stereocenters. The lowest BCUT2D eigenvalue weighted by atomic mass is 10.2. The highest BCUT2D eigenvalue weighted by Crippen LogP contribution is 2.26. The third-order valence-corrected chi connectivity index (χ3v) is 4.69. The van der Waals surface area contributed by atoms with Crippen LogP contribution in [0.15, 0.2) is 76.3 Å². The minimum Gasteiger partial charge on any atom is -0.493 e. The summed E-state index contributed by atoms with van der Waals surface area (Å²) in [7, 11) is 3.13. The Morgan fingerprint density at radius 1 is 1.00 bits per heavy atom. The van der Waals surface area contributed by atoms with Crippen molar-refractivity contribution in [2.45, 2.75) is 6.61 Å². The number of ether oxygens (including phenoxy) is 3. The summed E-state index contributed by atoms with van der Waals surface area (Å²) in [5, 5.41) is 4.00. The van der Waals surface area contributed by atoms with Gasteiger partial charge in [0.1, 0.15) is 12.4 Å². The molecule has 1 N–H and O–H groups in total. The van der Waals surface area contributed by atoms with Crippen molar-refractivity contribution in [1.29, 1.82) is 0 Å². The zero-order valence-corrected chi connectivity index (χ0v) is 18.2. The molecule has 0 spiro atoms. The number of halogens is 1. The Morgan fingerprint density at radius 3 is 2.47 bits per heavy atom. The van der Waals surface area contributed by atoms with E-state index in [0.29, 0.717) is 29.4 Å². The fourth-order valence-electron chi connectivity index (χ4n) is 2.66. The molecule has 30 heavy (non-hydrogen) atoms. The first kappa shape index (κ1) is 21.4. The van der Waals surface area contributed by atoms with Crippen LogP contribution in [-0.2, 0) is 6.61 Å². The SMILES string of the molecule is COc1ccc(C=NNC(=O)c2ccc(OCc3cccc(Br)c3)cc2)cc1OC. The fourth-order valence-corrected chi connectivity index (χ4v) is 3.11. The number of hydrogen-bond acceptors (Lipinski definition) is 5.